The number of nitrogens with zero attached hydrogens (tertiary/aromatic N) is 1. The number of unbranched alkanes of at least 4 members (excludes halogenated alkanes) is 1. The van der Waals surface area contributed by atoms with E-state index < -0.39 is 0 Å². The molecule has 0 aromatic carbocycles. The predicted molar refractivity (Wildman–Crippen MR) is 63.7 cm³/mol. The summed E-state index contributed by atoms with van der Waals surface area (Å²) < 4.78 is 0. The Morgan fingerprint density at radius 2 is 1.93 bits per heavy atom. The highest BCUT2D eigenvalue weighted by molar-refractivity contribution is 5.75. The van der Waals surface area contributed by atoms with Crippen LogP contribution in [0.15, 0.2) is 0 Å². The second kappa shape index (κ2) is 8.72. The van der Waals surface area contributed by atoms with Gasteiger partial charge in [-0.05, 0) is 20.3 Å². The van der Waals surface area contributed by atoms with Gasteiger partial charge in [-0.1, -0.05) is 20.3 Å². The van der Waals surface area contributed by atoms with Crippen molar-refractivity contribution in [3.8, 4) is 0 Å². The van der Waals surface area contributed by atoms with Gasteiger partial charge in [-0.25, -0.2) is 0 Å². The number of hydrogen-bond acceptors (Lipinski definition) is 1. The molecule has 1 amide bonds. The van der Waals surface area contributed by atoms with E-state index in [9.17, 15) is 4.79 Å². The molecule has 0 fully saturated rings. The minimum atomic E-state index is 0.292. The van der Waals surface area contributed by atoms with Gasteiger partial charge in [0.1, 0.15) is 0 Å². The third-order valence-corrected chi connectivity index (χ3v) is 2.47. The van der Waals surface area contributed by atoms with Gasteiger partial charge >= 0.3 is 0 Å². The molecule has 90 valence electrons. The maximum Gasteiger partial charge on any atom is 0.222 e. The quantitative estimate of drug-likeness (QED) is 0.644. The zero-order valence-corrected chi connectivity index (χ0v) is 10.8. The first kappa shape index (κ1) is 14.4. The van der Waals surface area contributed by atoms with Gasteiger partial charge in [0.2, 0.25) is 5.91 Å². The molecule has 3 heteroatoms. The Morgan fingerprint density at radius 3 is 2.40 bits per heavy atom. The highest BCUT2D eigenvalue weighted by Crippen LogP contribution is 1.97. The summed E-state index contributed by atoms with van der Waals surface area (Å²) in [7, 11) is 0. The predicted octanol–water partition coefficient (Wildman–Crippen LogP) is 0.997. The van der Waals surface area contributed by atoms with E-state index in [1.54, 1.807) is 0 Å². The van der Waals surface area contributed by atoms with Crippen molar-refractivity contribution in [1.82, 2.24) is 4.90 Å². The van der Waals surface area contributed by atoms with E-state index >= 15 is 0 Å². The Balaban J connectivity index is 3.84. The number of quaternary nitrogens is 1. The van der Waals surface area contributed by atoms with Crippen molar-refractivity contribution in [2.24, 2.45) is 0 Å². The number of rotatable bonds is 8. The van der Waals surface area contributed by atoms with Crippen LogP contribution < -0.4 is 5.32 Å². The number of hydrogen-bond donors (Lipinski definition) is 1. The van der Waals surface area contributed by atoms with Crippen molar-refractivity contribution < 1.29 is 10.1 Å². The van der Waals surface area contributed by atoms with Crippen LogP contribution in [0.5, 0.6) is 0 Å². The minimum absolute atomic E-state index is 0.292. The highest BCUT2D eigenvalue weighted by atomic mass is 16.2. The van der Waals surface area contributed by atoms with Crippen LogP contribution in [0.2, 0.25) is 0 Å². The Kier molecular flexibility index (Phi) is 8.38. The molecule has 0 radical (unpaired) electrons. The fourth-order valence-corrected chi connectivity index (χ4v) is 1.50. The van der Waals surface area contributed by atoms with Crippen LogP contribution in [0.3, 0.4) is 0 Å². The van der Waals surface area contributed by atoms with Gasteiger partial charge < -0.3 is 10.2 Å². The van der Waals surface area contributed by atoms with Gasteiger partial charge in [0, 0.05) is 13.0 Å². The molecule has 0 unspecified atom stereocenters. The minimum Gasteiger partial charge on any atom is -0.343 e. The van der Waals surface area contributed by atoms with Gasteiger partial charge in [0.15, 0.2) is 0 Å². The van der Waals surface area contributed by atoms with E-state index in [1.165, 1.54) is 0 Å². The first-order chi connectivity index (χ1) is 7.11. The SMILES string of the molecule is CCCCN(CC[NH2+]C(C)C)C(=O)CC. The lowest BCUT2D eigenvalue weighted by molar-refractivity contribution is -0.682. The average Bonchev–Trinajstić information content (AvgIpc) is 2.21. The van der Waals surface area contributed by atoms with Crippen molar-refractivity contribution in [3.05, 3.63) is 0 Å². The molecule has 0 aliphatic heterocycles. The molecule has 0 aromatic rings. The lowest BCUT2D eigenvalue weighted by Gasteiger charge is -2.21. The zero-order chi connectivity index (χ0) is 11.7. The Hall–Kier alpha value is -0.570. The number of nitrogens with two attached hydrogens (primary N) is 1. The highest BCUT2D eigenvalue weighted by Gasteiger charge is 2.11. The van der Waals surface area contributed by atoms with Gasteiger partial charge in [-0.3, -0.25) is 4.79 Å². The average molecular weight is 215 g/mol. The Bertz CT molecular complexity index is 169. The molecule has 0 atom stereocenters. The lowest BCUT2D eigenvalue weighted by Crippen LogP contribution is -2.89. The van der Waals surface area contributed by atoms with Gasteiger partial charge in [0.05, 0.1) is 19.1 Å². The molecule has 0 saturated heterocycles. The third kappa shape index (κ3) is 7.37. The first-order valence-electron chi connectivity index (χ1n) is 6.22. The van der Waals surface area contributed by atoms with Crippen LogP contribution in [0, 0.1) is 0 Å². The van der Waals surface area contributed by atoms with Crippen LogP contribution in [-0.4, -0.2) is 36.5 Å². The third-order valence-electron chi connectivity index (χ3n) is 2.47. The summed E-state index contributed by atoms with van der Waals surface area (Å²) in [5, 5.41) is 2.28. The van der Waals surface area contributed by atoms with Gasteiger partial charge in [0.25, 0.3) is 0 Å². The fourth-order valence-electron chi connectivity index (χ4n) is 1.50. The van der Waals surface area contributed by atoms with Crippen LogP contribution in [0.25, 0.3) is 0 Å². The van der Waals surface area contributed by atoms with E-state index in [4.69, 9.17) is 0 Å². The Labute approximate surface area is 94.2 Å². The molecule has 2 N–H and O–H groups in total. The van der Waals surface area contributed by atoms with Crippen LogP contribution in [0.4, 0.5) is 0 Å². The van der Waals surface area contributed by atoms with E-state index in [2.05, 4.69) is 26.1 Å². The lowest BCUT2D eigenvalue weighted by atomic mass is 10.3. The van der Waals surface area contributed by atoms with Crippen LogP contribution >= 0.6 is 0 Å². The maximum atomic E-state index is 11.6. The van der Waals surface area contributed by atoms with Crippen molar-refractivity contribution >= 4 is 5.91 Å². The molecule has 0 rings (SSSR count). The molecule has 15 heavy (non-hydrogen) atoms. The van der Waals surface area contributed by atoms with E-state index in [-0.39, 0.29) is 0 Å². The molecule has 0 aliphatic rings. The van der Waals surface area contributed by atoms with Crippen molar-refractivity contribution in [1.29, 1.82) is 0 Å². The fraction of sp³-hybridized carbons (Fsp3) is 0.917. The molecular formula is C12H27N2O+. The van der Waals surface area contributed by atoms with Crippen LogP contribution in [0.1, 0.15) is 47.0 Å². The standard InChI is InChI=1S/C12H26N2O/c1-5-7-9-14(12(15)6-2)10-8-13-11(3)4/h11,13H,5-10H2,1-4H3/p+1. The Morgan fingerprint density at radius 1 is 1.27 bits per heavy atom. The maximum absolute atomic E-state index is 11.6. The zero-order valence-electron chi connectivity index (χ0n) is 10.8. The molecular weight excluding hydrogens is 188 g/mol. The van der Waals surface area contributed by atoms with Crippen LogP contribution in [-0.2, 0) is 4.79 Å². The van der Waals surface area contributed by atoms with Crippen molar-refractivity contribution in [2.75, 3.05) is 19.6 Å². The summed E-state index contributed by atoms with van der Waals surface area (Å²) in [6, 6.07) is 0.620. The summed E-state index contributed by atoms with van der Waals surface area (Å²) in [6.45, 7) is 11.3. The molecule has 0 spiro atoms. The monoisotopic (exact) mass is 215 g/mol. The molecule has 3 nitrogen and oxygen atoms in total. The van der Waals surface area contributed by atoms with E-state index in [1.807, 2.05) is 11.8 Å². The number of carbonyl (C=O) groups excluding carboxylic acids is 1. The topological polar surface area (TPSA) is 36.9 Å². The molecule has 0 bridgehead atoms. The summed E-state index contributed by atoms with van der Waals surface area (Å²) in [4.78, 5) is 13.6. The largest absolute Gasteiger partial charge is 0.343 e. The van der Waals surface area contributed by atoms with Crippen molar-refractivity contribution in [2.45, 2.75) is 53.0 Å². The van der Waals surface area contributed by atoms with E-state index in [0.29, 0.717) is 18.4 Å². The summed E-state index contributed by atoms with van der Waals surface area (Å²) in [5.41, 5.74) is 0. The van der Waals surface area contributed by atoms with Crippen molar-refractivity contribution in [3.63, 3.8) is 0 Å². The van der Waals surface area contributed by atoms with Gasteiger partial charge in [-0.2, -0.15) is 0 Å². The molecule has 0 heterocycles. The molecule has 0 aliphatic carbocycles. The van der Waals surface area contributed by atoms with E-state index in [0.717, 1.165) is 32.5 Å². The first-order valence-corrected chi connectivity index (χ1v) is 6.22. The smallest absolute Gasteiger partial charge is 0.222 e. The summed E-state index contributed by atoms with van der Waals surface area (Å²) in [6.07, 6.45) is 2.90. The second-order valence-corrected chi connectivity index (χ2v) is 4.36. The normalized spacial score (nSPS) is 10.7. The molecule has 0 aromatic heterocycles. The number of amides is 1. The summed E-state index contributed by atoms with van der Waals surface area (Å²) in [5.74, 6) is 0.292. The molecule has 0 saturated carbocycles. The summed E-state index contributed by atoms with van der Waals surface area (Å²) >= 11 is 0. The van der Waals surface area contributed by atoms with Gasteiger partial charge in [-0.15, -0.1) is 0 Å². The second-order valence-electron chi connectivity index (χ2n) is 4.36. The number of carbonyl (C=O) groups is 1.